The molecule has 1 aliphatic heterocycles. The van der Waals surface area contributed by atoms with Gasteiger partial charge in [-0.25, -0.2) is 0 Å². The van der Waals surface area contributed by atoms with Gasteiger partial charge < -0.3 is 10.6 Å². The molecular formula is C13H18Cl2N2OS. The second-order valence-corrected chi connectivity index (χ2v) is 7.28. The monoisotopic (exact) mass is 320 g/mol. The summed E-state index contributed by atoms with van der Waals surface area (Å²) in [4.78, 5) is 14.3. The predicted octanol–water partition coefficient (Wildman–Crippen LogP) is 3.31. The molecule has 1 fully saturated rings. The molecule has 0 saturated carbocycles. The van der Waals surface area contributed by atoms with Crippen LogP contribution in [0.1, 0.15) is 24.2 Å². The molecule has 3 nitrogen and oxygen atoms in total. The minimum absolute atomic E-state index is 0. The van der Waals surface area contributed by atoms with Crippen molar-refractivity contribution in [2.75, 3.05) is 24.6 Å². The summed E-state index contributed by atoms with van der Waals surface area (Å²) in [5.74, 6) is 0.957. The Morgan fingerprint density at radius 3 is 2.74 bits per heavy atom. The van der Waals surface area contributed by atoms with E-state index < -0.39 is 0 Å². The molecule has 1 amide bonds. The Bertz CT molecular complexity index is 480. The normalized spacial score (nSPS) is 17.7. The van der Waals surface area contributed by atoms with Crippen molar-refractivity contribution in [2.45, 2.75) is 18.6 Å². The maximum Gasteiger partial charge on any atom is 0.255 e. The summed E-state index contributed by atoms with van der Waals surface area (Å²) in [5.41, 5.74) is 6.75. The van der Waals surface area contributed by atoms with E-state index >= 15 is 0 Å². The van der Waals surface area contributed by atoms with Gasteiger partial charge in [0.05, 0.1) is 10.6 Å². The van der Waals surface area contributed by atoms with E-state index in [0.29, 0.717) is 16.3 Å². The van der Waals surface area contributed by atoms with Gasteiger partial charge in [-0.3, -0.25) is 4.79 Å². The number of halogens is 2. The fraction of sp³-hybridized carbons (Fsp3) is 0.462. The van der Waals surface area contributed by atoms with Gasteiger partial charge in [0.15, 0.2) is 0 Å². The van der Waals surface area contributed by atoms with Crippen molar-refractivity contribution in [2.24, 2.45) is 0 Å². The summed E-state index contributed by atoms with van der Waals surface area (Å²) < 4.78 is 0.105. The molecule has 0 spiro atoms. The Labute approximate surface area is 129 Å². The third kappa shape index (κ3) is 3.94. The largest absolute Gasteiger partial charge is 0.399 e. The van der Waals surface area contributed by atoms with Crippen molar-refractivity contribution in [3.05, 3.63) is 28.8 Å². The van der Waals surface area contributed by atoms with Gasteiger partial charge in [-0.1, -0.05) is 11.6 Å². The molecule has 0 bridgehead atoms. The van der Waals surface area contributed by atoms with Gasteiger partial charge >= 0.3 is 0 Å². The number of thioether (sulfide) groups is 1. The first kappa shape index (κ1) is 16.5. The van der Waals surface area contributed by atoms with Crippen molar-refractivity contribution < 1.29 is 4.79 Å². The fourth-order valence-electron chi connectivity index (χ4n) is 2.06. The van der Waals surface area contributed by atoms with E-state index in [9.17, 15) is 4.79 Å². The number of rotatable bonds is 1. The van der Waals surface area contributed by atoms with Crippen LogP contribution in [0.5, 0.6) is 0 Å². The Balaban J connectivity index is 0.00000180. The highest BCUT2D eigenvalue weighted by atomic mass is 35.5. The molecule has 2 N–H and O–H groups in total. The topological polar surface area (TPSA) is 46.3 Å². The summed E-state index contributed by atoms with van der Waals surface area (Å²) in [6.45, 7) is 5.83. The second-order valence-electron chi connectivity index (χ2n) is 5.07. The SMILES string of the molecule is CC1(C)CN(C(=O)c2ccc(N)cc2Cl)CCS1.Cl. The maximum absolute atomic E-state index is 12.4. The molecule has 0 radical (unpaired) electrons. The highest BCUT2D eigenvalue weighted by Gasteiger charge is 2.30. The van der Waals surface area contributed by atoms with Crippen molar-refractivity contribution in [3.8, 4) is 0 Å². The number of nitrogens with two attached hydrogens (primary N) is 1. The first-order valence-corrected chi connectivity index (χ1v) is 7.24. The van der Waals surface area contributed by atoms with Gasteiger partial charge in [-0.05, 0) is 32.0 Å². The number of anilines is 1. The Morgan fingerprint density at radius 2 is 2.16 bits per heavy atom. The van der Waals surface area contributed by atoms with Crippen molar-refractivity contribution in [3.63, 3.8) is 0 Å². The number of amides is 1. The summed E-state index contributed by atoms with van der Waals surface area (Å²) in [6.07, 6.45) is 0. The number of carbonyl (C=O) groups excluding carboxylic acids is 1. The molecule has 1 aromatic rings. The summed E-state index contributed by atoms with van der Waals surface area (Å²) >= 11 is 7.98. The van der Waals surface area contributed by atoms with Gasteiger partial charge in [0.1, 0.15) is 0 Å². The highest BCUT2D eigenvalue weighted by molar-refractivity contribution is 8.00. The third-order valence-electron chi connectivity index (χ3n) is 2.94. The molecule has 6 heteroatoms. The van der Waals surface area contributed by atoms with Crippen LogP contribution in [-0.4, -0.2) is 34.4 Å². The summed E-state index contributed by atoms with van der Waals surface area (Å²) in [5, 5.41) is 0.427. The summed E-state index contributed by atoms with van der Waals surface area (Å²) in [6, 6.07) is 5.04. The fourth-order valence-corrected chi connectivity index (χ4v) is 3.45. The maximum atomic E-state index is 12.4. The first-order valence-electron chi connectivity index (χ1n) is 5.87. The lowest BCUT2D eigenvalue weighted by Gasteiger charge is -2.37. The number of nitrogens with zero attached hydrogens (tertiary/aromatic N) is 1. The quantitative estimate of drug-likeness (QED) is 0.807. The van der Waals surface area contributed by atoms with Gasteiger partial charge in [0, 0.05) is 29.3 Å². The number of carbonyl (C=O) groups is 1. The standard InChI is InChI=1S/C13H17ClN2OS.ClH/c1-13(2)8-16(5-6-18-13)12(17)10-4-3-9(15)7-11(10)14;/h3-4,7H,5-6,8,15H2,1-2H3;1H. The molecule has 2 rings (SSSR count). The molecule has 1 aromatic carbocycles. The van der Waals surface area contributed by atoms with E-state index in [1.165, 1.54) is 0 Å². The zero-order chi connectivity index (χ0) is 13.3. The van der Waals surface area contributed by atoms with Gasteiger partial charge in [-0.15, -0.1) is 12.4 Å². The zero-order valence-corrected chi connectivity index (χ0v) is 13.4. The van der Waals surface area contributed by atoms with Crippen molar-refractivity contribution in [1.29, 1.82) is 0 Å². The van der Waals surface area contributed by atoms with Crippen molar-refractivity contribution >= 4 is 47.4 Å². The van der Waals surface area contributed by atoms with Crippen LogP contribution < -0.4 is 5.73 Å². The lowest BCUT2D eigenvalue weighted by molar-refractivity contribution is 0.0748. The lowest BCUT2D eigenvalue weighted by Crippen LogP contribution is -2.46. The van der Waals surface area contributed by atoms with E-state index in [2.05, 4.69) is 13.8 Å². The molecule has 0 aliphatic carbocycles. The van der Waals surface area contributed by atoms with Crippen molar-refractivity contribution in [1.82, 2.24) is 4.90 Å². The smallest absolute Gasteiger partial charge is 0.255 e. The molecule has 0 aromatic heterocycles. The van der Waals surface area contributed by atoms with Crippen LogP contribution in [0.3, 0.4) is 0 Å². The van der Waals surface area contributed by atoms with Gasteiger partial charge in [0.25, 0.3) is 5.91 Å². The van der Waals surface area contributed by atoms with E-state index in [0.717, 1.165) is 18.8 Å². The van der Waals surface area contributed by atoms with Crippen LogP contribution in [0.15, 0.2) is 18.2 Å². The molecular weight excluding hydrogens is 303 g/mol. The summed E-state index contributed by atoms with van der Waals surface area (Å²) in [7, 11) is 0. The second kappa shape index (κ2) is 6.25. The van der Waals surface area contributed by atoms with E-state index in [4.69, 9.17) is 17.3 Å². The van der Waals surface area contributed by atoms with Crippen LogP contribution in [0.25, 0.3) is 0 Å². The molecule has 1 aliphatic rings. The average molecular weight is 321 g/mol. The number of hydrogen-bond donors (Lipinski definition) is 1. The average Bonchev–Trinajstić information content (AvgIpc) is 2.27. The molecule has 19 heavy (non-hydrogen) atoms. The highest BCUT2D eigenvalue weighted by Crippen LogP contribution is 2.31. The minimum Gasteiger partial charge on any atom is -0.399 e. The number of benzene rings is 1. The number of nitrogen functional groups attached to an aromatic ring is 1. The zero-order valence-electron chi connectivity index (χ0n) is 11.0. The lowest BCUT2D eigenvalue weighted by atomic mass is 10.1. The Kier molecular flexibility index (Phi) is 5.42. The molecule has 106 valence electrons. The van der Waals surface area contributed by atoms with E-state index in [-0.39, 0.29) is 23.1 Å². The van der Waals surface area contributed by atoms with E-state index in [1.807, 2.05) is 16.7 Å². The molecule has 1 saturated heterocycles. The third-order valence-corrected chi connectivity index (χ3v) is 4.55. The Morgan fingerprint density at radius 1 is 1.47 bits per heavy atom. The van der Waals surface area contributed by atoms with Gasteiger partial charge in [0.2, 0.25) is 0 Å². The van der Waals surface area contributed by atoms with E-state index in [1.54, 1.807) is 18.2 Å². The molecule has 1 heterocycles. The van der Waals surface area contributed by atoms with Crippen LogP contribution in [0.4, 0.5) is 5.69 Å². The van der Waals surface area contributed by atoms with Gasteiger partial charge in [-0.2, -0.15) is 11.8 Å². The predicted molar refractivity (Wildman–Crippen MR) is 85.6 cm³/mol. The first-order chi connectivity index (χ1) is 8.39. The Hall–Kier alpha value is -0.580. The molecule has 0 atom stereocenters. The molecule has 0 unspecified atom stereocenters. The number of hydrogen-bond acceptors (Lipinski definition) is 3. The van der Waals surface area contributed by atoms with Crippen LogP contribution in [0, 0.1) is 0 Å². The van der Waals surface area contributed by atoms with Crippen LogP contribution in [-0.2, 0) is 0 Å². The van der Waals surface area contributed by atoms with Crippen LogP contribution in [0.2, 0.25) is 5.02 Å². The minimum atomic E-state index is -0.00613. The van der Waals surface area contributed by atoms with Crippen LogP contribution >= 0.6 is 35.8 Å².